The third kappa shape index (κ3) is 5.78. The summed E-state index contributed by atoms with van der Waals surface area (Å²) in [5.74, 6) is 1.06. The summed E-state index contributed by atoms with van der Waals surface area (Å²) in [6, 6.07) is 17.8. The topological polar surface area (TPSA) is 80.2 Å². The van der Waals surface area contributed by atoms with Crippen molar-refractivity contribution in [2.75, 3.05) is 25.3 Å². The highest BCUT2D eigenvalue weighted by Crippen LogP contribution is 2.40. The molecule has 1 atom stereocenters. The fraction of sp³-hybridized carbons (Fsp3) is 0.269. The van der Waals surface area contributed by atoms with Crippen molar-refractivity contribution in [3.8, 4) is 11.5 Å². The molecule has 0 radical (unpaired) electrons. The molecular formula is C26H27Cl2N3O4S. The van der Waals surface area contributed by atoms with Crippen LogP contribution in [0.15, 0.2) is 70.7 Å². The molecule has 190 valence electrons. The molecule has 0 aliphatic carbocycles. The van der Waals surface area contributed by atoms with Crippen LogP contribution in [0.1, 0.15) is 30.5 Å². The van der Waals surface area contributed by atoms with E-state index in [4.69, 9.17) is 37.8 Å². The van der Waals surface area contributed by atoms with E-state index in [-0.39, 0.29) is 23.2 Å². The highest BCUT2D eigenvalue weighted by atomic mass is 35.5. The van der Waals surface area contributed by atoms with Crippen LogP contribution in [0.25, 0.3) is 0 Å². The Morgan fingerprint density at radius 1 is 1.08 bits per heavy atom. The smallest absolute Gasteiger partial charge is 0.244 e. The van der Waals surface area contributed by atoms with Crippen LogP contribution in [0.5, 0.6) is 11.5 Å². The molecule has 1 aliphatic heterocycles. The monoisotopic (exact) mass is 547 g/mol. The Morgan fingerprint density at radius 2 is 1.83 bits per heavy atom. The third-order valence-corrected chi connectivity index (χ3v) is 7.74. The van der Waals surface area contributed by atoms with Gasteiger partial charge < -0.3 is 9.47 Å². The second-order valence-corrected chi connectivity index (χ2v) is 10.9. The first-order valence-electron chi connectivity index (χ1n) is 11.4. The summed E-state index contributed by atoms with van der Waals surface area (Å²) >= 11 is 12.6. The summed E-state index contributed by atoms with van der Waals surface area (Å²) in [7, 11) is -2.39. The van der Waals surface area contributed by atoms with E-state index in [0.717, 1.165) is 16.9 Å². The standard InChI is InChI=1S/C26H27Cl2N3O4S/c1-4-35-21-9-6-18(7-10-21)24-15-20(30-31(24)23-11-8-19(27)14-22(23)28)16-29-36(32,33)26-13-17(2)5-12-25(26)34-3/h5-14,24,29H,4,15-16H2,1-3H3/t24-/m1/s1. The zero-order valence-corrected chi connectivity index (χ0v) is 22.5. The molecule has 3 aromatic carbocycles. The van der Waals surface area contributed by atoms with Crippen molar-refractivity contribution in [3.63, 3.8) is 0 Å². The summed E-state index contributed by atoms with van der Waals surface area (Å²) < 4.78 is 39.7. The molecule has 4 rings (SSSR count). The number of sulfonamides is 1. The maximum absolute atomic E-state index is 13.1. The summed E-state index contributed by atoms with van der Waals surface area (Å²) in [5, 5.41) is 7.54. The molecule has 0 unspecified atom stereocenters. The van der Waals surface area contributed by atoms with Crippen LogP contribution in [-0.4, -0.2) is 34.4 Å². The number of halogens is 2. The molecule has 0 fully saturated rings. The number of benzene rings is 3. The van der Waals surface area contributed by atoms with Gasteiger partial charge in [0.15, 0.2) is 0 Å². The number of hydrazone groups is 1. The normalized spacial score (nSPS) is 15.6. The SMILES string of the molecule is CCOc1ccc([C@H]2CC(CNS(=O)(=O)c3cc(C)ccc3OC)=NN2c2ccc(Cl)cc2Cl)cc1. The van der Waals surface area contributed by atoms with Gasteiger partial charge in [-0.05, 0) is 67.4 Å². The van der Waals surface area contributed by atoms with E-state index in [9.17, 15) is 8.42 Å². The van der Waals surface area contributed by atoms with Gasteiger partial charge in [-0.3, -0.25) is 5.01 Å². The average molecular weight is 548 g/mol. The number of nitrogens with zero attached hydrogens (tertiary/aromatic N) is 2. The zero-order valence-electron chi connectivity index (χ0n) is 20.2. The van der Waals surface area contributed by atoms with E-state index in [1.54, 1.807) is 36.4 Å². The molecule has 0 saturated heterocycles. The van der Waals surface area contributed by atoms with Crippen molar-refractivity contribution in [1.82, 2.24) is 4.72 Å². The van der Waals surface area contributed by atoms with Crippen LogP contribution in [0, 0.1) is 6.92 Å². The van der Waals surface area contributed by atoms with Crippen molar-refractivity contribution >= 4 is 44.6 Å². The lowest BCUT2D eigenvalue weighted by atomic mass is 10.0. The molecular weight excluding hydrogens is 521 g/mol. The second kappa shape index (κ2) is 11.1. The Kier molecular flexibility index (Phi) is 8.10. The summed E-state index contributed by atoms with van der Waals surface area (Å²) in [4.78, 5) is 0.0873. The largest absolute Gasteiger partial charge is 0.495 e. The lowest BCUT2D eigenvalue weighted by molar-refractivity contribution is 0.340. The second-order valence-electron chi connectivity index (χ2n) is 8.31. The highest BCUT2D eigenvalue weighted by molar-refractivity contribution is 7.89. The highest BCUT2D eigenvalue weighted by Gasteiger charge is 2.31. The van der Waals surface area contributed by atoms with Gasteiger partial charge in [0.25, 0.3) is 0 Å². The summed E-state index contributed by atoms with van der Waals surface area (Å²) in [6.45, 7) is 4.38. The van der Waals surface area contributed by atoms with Gasteiger partial charge in [0.2, 0.25) is 10.0 Å². The van der Waals surface area contributed by atoms with Crippen molar-refractivity contribution in [3.05, 3.63) is 81.8 Å². The first kappa shape index (κ1) is 26.3. The van der Waals surface area contributed by atoms with Gasteiger partial charge in [0, 0.05) is 11.4 Å². The average Bonchev–Trinajstić information content (AvgIpc) is 3.27. The predicted octanol–water partition coefficient (Wildman–Crippen LogP) is 6.00. The minimum atomic E-state index is -3.84. The quantitative estimate of drug-likeness (QED) is 0.355. The van der Waals surface area contributed by atoms with Crippen molar-refractivity contribution in [2.24, 2.45) is 5.10 Å². The van der Waals surface area contributed by atoms with Gasteiger partial charge in [-0.15, -0.1) is 0 Å². The van der Waals surface area contributed by atoms with E-state index in [2.05, 4.69) is 4.72 Å². The summed E-state index contributed by atoms with van der Waals surface area (Å²) in [5.41, 5.74) is 3.15. The fourth-order valence-electron chi connectivity index (χ4n) is 4.03. The third-order valence-electron chi connectivity index (χ3n) is 5.78. The molecule has 0 amide bonds. The van der Waals surface area contributed by atoms with Crippen LogP contribution < -0.4 is 19.2 Å². The van der Waals surface area contributed by atoms with Crippen LogP contribution in [0.4, 0.5) is 5.69 Å². The molecule has 7 nitrogen and oxygen atoms in total. The van der Waals surface area contributed by atoms with Gasteiger partial charge in [-0.25, -0.2) is 13.1 Å². The van der Waals surface area contributed by atoms with Crippen LogP contribution >= 0.6 is 23.2 Å². The maximum atomic E-state index is 13.1. The number of methoxy groups -OCH3 is 1. The van der Waals surface area contributed by atoms with Gasteiger partial charge in [0.05, 0.1) is 42.7 Å². The first-order chi connectivity index (χ1) is 17.2. The molecule has 0 saturated carbocycles. The Balaban J connectivity index is 1.62. The Bertz CT molecular complexity index is 1380. The molecule has 1 heterocycles. The number of nitrogens with one attached hydrogen (secondary N) is 1. The number of ether oxygens (including phenoxy) is 2. The molecule has 1 N–H and O–H groups in total. The molecule has 3 aromatic rings. The number of rotatable bonds is 9. The van der Waals surface area contributed by atoms with Crippen molar-refractivity contribution in [1.29, 1.82) is 0 Å². The molecule has 1 aliphatic rings. The molecule has 0 aromatic heterocycles. The summed E-state index contributed by atoms with van der Waals surface area (Å²) in [6.07, 6.45) is 0.500. The van der Waals surface area contributed by atoms with Gasteiger partial charge in [-0.2, -0.15) is 5.10 Å². The number of hydrogen-bond acceptors (Lipinski definition) is 6. The van der Waals surface area contributed by atoms with E-state index < -0.39 is 10.0 Å². The zero-order chi connectivity index (χ0) is 25.9. The molecule has 0 spiro atoms. The van der Waals surface area contributed by atoms with Crippen molar-refractivity contribution < 1.29 is 17.9 Å². The number of hydrogen-bond donors (Lipinski definition) is 1. The van der Waals surface area contributed by atoms with Crippen LogP contribution in [0.3, 0.4) is 0 Å². The minimum absolute atomic E-state index is 0.0364. The van der Waals surface area contributed by atoms with E-state index in [0.29, 0.717) is 34.5 Å². The maximum Gasteiger partial charge on any atom is 0.244 e. The fourth-order valence-corrected chi connectivity index (χ4v) is 5.80. The minimum Gasteiger partial charge on any atom is -0.495 e. The van der Waals surface area contributed by atoms with E-state index in [1.165, 1.54) is 7.11 Å². The van der Waals surface area contributed by atoms with E-state index >= 15 is 0 Å². The first-order valence-corrected chi connectivity index (χ1v) is 13.6. The van der Waals surface area contributed by atoms with Gasteiger partial charge in [0.1, 0.15) is 16.4 Å². The lowest BCUT2D eigenvalue weighted by Crippen LogP contribution is -2.29. The number of anilines is 1. The lowest BCUT2D eigenvalue weighted by Gasteiger charge is -2.25. The Hall–Kier alpha value is -2.78. The molecule has 0 bridgehead atoms. The molecule has 36 heavy (non-hydrogen) atoms. The number of aryl methyl sites for hydroxylation is 1. The van der Waals surface area contributed by atoms with Crippen LogP contribution in [-0.2, 0) is 10.0 Å². The molecule has 10 heteroatoms. The predicted molar refractivity (Wildman–Crippen MR) is 144 cm³/mol. The van der Waals surface area contributed by atoms with Gasteiger partial charge in [-0.1, -0.05) is 41.4 Å². The van der Waals surface area contributed by atoms with E-state index in [1.807, 2.05) is 43.1 Å². The van der Waals surface area contributed by atoms with Crippen molar-refractivity contribution in [2.45, 2.75) is 31.2 Å². The Labute approximate surface area is 221 Å². The van der Waals surface area contributed by atoms with Gasteiger partial charge >= 0.3 is 0 Å². The van der Waals surface area contributed by atoms with Crippen LogP contribution in [0.2, 0.25) is 10.0 Å². The Morgan fingerprint density at radius 3 is 2.50 bits per heavy atom.